The molecule has 2 heterocycles. The van der Waals surface area contributed by atoms with Gasteiger partial charge in [-0.2, -0.15) is 4.31 Å². The van der Waals surface area contributed by atoms with Crippen molar-refractivity contribution in [3.8, 4) is 10.6 Å². The van der Waals surface area contributed by atoms with Crippen LogP contribution in [0.25, 0.3) is 20.8 Å². The van der Waals surface area contributed by atoms with Crippen LogP contribution < -0.4 is 5.32 Å². The van der Waals surface area contributed by atoms with Crippen molar-refractivity contribution in [3.05, 3.63) is 78.6 Å². The minimum Gasteiger partial charge on any atom is -0.326 e. The molecule has 0 saturated carbocycles. The van der Waals surface area contributed by atoms with Crippen LogP contribution in [0.2, 0.25) is 0 Å². The second kappa shape index (κ2) is 9.25. The predicted molar refractivity (Wildman–Crippen MR) is 132 cm³/mol. The third-order valence-electron chi connectivity index (χ3n) is 5.95. The number of benzene rings is 3. The standard InChI is InChI=1S/C25H22FN3O3S2/c26-19-8-10-21(11-9-19)34(31,32)29-14-12-17(13-15-29)24(30)27-20-5-3-4-18(16-20)25-28-22-6-1-2-7-23(22)33-25/h1-11,16-17H,12-15H2,(H,27,30). The quantitative estimate of drug-likeness (QED) is 0.416. The number of piperidine rings is 1. The highest BCUT2D eigenvalue weighted by Gasteiger charge is 2.32. The molecule has 34 heavy (non-hydrogen) atoms. The Kier molecular flexibility index (Phi) is 6.16. The number of sulfonamides is 1. The Bertz CT molecular complexity index is 1410. The van der Waals surface area contributed by atoms with Gasteiger partial charge < -0.3 is 5.32 Å². The fraction of sp³-hybridized carbons (Fsp3) is 0.200. The molecule has 4 aromatic rings. The zero-order valence-electron chi connectivity index (χ0n) is 18.1. The molecule has 3 aromatic carbocycles. The van der Waals surface area contributed by atoms with E-state index in [0.717, 1.165) is 32.9 Å². The molecule has 1 saturated heterocycles. The molecule has 1 fully saturated rings. The average Bonchev–Trinajstić information content (AvgIpc) is 3.29. The fourth-order valence-electron chi connectivity index (χ4n) is 4.08. The van der Waals surface area contributed by atoms with E-state index in [0.29, 0.717) is 18.5 Å². The molecule has 0 atom stereocenters. The van der Waals surface area contributed by atoms with Crippen LogP contribution in [0.5, 0.6) is 0 Å². The number of hydrogen-bond donors (Lipinski definition) is 1. The summed E-state index contributed by atoms with van der Waals surface area (Å²) in [5, 5.41) is 3.86. The maximum absolute atomic E-state index is 13.2. The number of rotatable bonds is 5. The van der Waals surface area contributed by atoms with Crippen LogP contribution in [-0.2, 0) is 14.8 Å². The maximum atomic E-state index is 13.2. The molecule has 9 heteroatoms. The van der Waals surface area contributed by atoms with Gasteiger partial charge in [-0.3, -0.25) is 4.79 Å². The van der Waals surface area contributed by atoms with E-state index in [1.807, 2.05) is 48.5 Å². The number of nitrogens with one attached hydrogen (secondary N) is 1. The smallest absolute Gasteiger partial charge is 0.243 e. The lowest BCUT2D eigenvalue weighted by Crippen LogP contribution is -2.41. The number of fused-ring (bicyclic) bond motifs is 1. The molecule has 174 valence electrons. The zero-order chi connectivity index (χ0) is 23.7. The van der Waals surface area contributed by atoms with E-state index >= 15 is 0 Å². The lowest BCUT2D eigenvalue weighted by molar-refractivity contribution is -0.120. The number of nitrogens with zero attached hydrogens (tertiary/aromatic N) is 2. The van der Waals surface area contributed by atoms with E-state index in [1.54, 1.807) is 11.3 Å². The van der Waals surface area contributed by atoms with Gasteiger partial charge in [0.25, 0.3) is 0 Å². The van der Waals surface area contributed by atoms with Crippen molar-refractivity contribution >= 4 is 43.2 Å². The highest BCUT2D eigenvalue weighted by atomic mass is 32.2. The molecule has 0 spiro atoms. The Hall–Kier alpha value is -3.14. The maximum Gasteiger partial charge on any atom is 0.243 e. The first kappa shape index (κ1) is 22.6. The van der Waals surface area contributed by atoms with Crippen molar-refractivity contribution in [2.45, 2.75) is 17.7 Å². The number of para-hydroxylation sites is 1. The van der Waals surface area contributed by atoms with Crippen LogP contribution in [0.1, 0.15) is 12.8 Å². The zero-order valence-corrected chi connectivity index (χ0v) is 19.8. The Balaban J connectivity index is 1.23. The molecule has 1 N–H and O–H groups in total. The summed E-state index contributed by atoms with van der Waals surface area (Å²) in [6.07, 6.45) is 0.841. The van der Waals surface area contributed by atoms with Crippen molar-refractivity contribution in [2.75, 3.05) is 18.4 Å². The van der Waals surface area contributed by atoms with Gasteiger partial charge in [-0.25, -0.2) is 17.8 Å². The topological polar surface area (TPSA) is 79.4 Å². The first-order valence-electron chi connectivity index (χ1n) is 10.9. The van der Waals surface area contributed by atoms with E-state index in [9.17, 15) is 17.6 Å². The number of carbonyl (C=O) groups is 1. The van der Waals surface area contributed by atoms with Crippen LogP contribution in [-0.4, -0.2) is 36.7 Å². The molecule has 1 amide bonds. The summed E-state index contributed by atoms with van der Waals surface area (Å²) in [4.78, 5) is 17.6. The Morgan fingerprint density at radius 3 is 2.47 bits per heavy atom. The molecule has 0 unspecified atom stereocenters. The number of anilines is 1. The highest BCUT2D eigenvalue weighted by Crippen LogP contribution is 2.31. The van der Waals surface area contributed by atoms with E-state index in [1.165, 1.54) is 16.4 Å². The van der Waals surface area contributed by atoms with Crippen molar-refractivity contribution < 1.29 is 17.6 Å². The Morgan fingerprint density at radius 2 is 1.74 bits per heavy atom. The second-order valence-corrected chi connectivity index (χ2v) is 11.2. The van der Waals surface area contributed by atoms with E-state index in [2.05, 4.69) is 10.3 Å². The number of halogens is 1. The predicted octanol–water partition coefficient (Wildman–Crippen LogP) is 5.14. The van der Waals surface area contributed by atoms with E-state index < -0.39 is 15.8 Å². The first-order chi connectivity index (χ1) is 16.4. The van der Waals surface area contributed by atoms with E-state index in [-0.39, 0.29) is 29.8 Å². The van der Waals surface area contributed by atoms with Crippen molar-refractivity contribution in [2.24, 2.45) is 5.92 Å². The summed E-state index contributed by atoms with van der Waals surface area (Å²) in [7, 11) is -3.71. The van der Waals surface area contributed by atoms with Gasteiger partial charge in [-0.1, -0.05) is 24.3 Å². The molecular formula is C25H22FN3O3S2. The van der Waals surface area contributed by atoms with Crippen LogP contribution in [0.4, 0.5) is 10.1 Å². The summed E-state index contributed by atoms with van der Waals surface area (Å²) < 4.78 is 41.2. The molecule has 6 nitrogen and oxygen atoms in total. The van der Waals surface area contributed by atoms with Gasteiger partial charge in [-0.05, 0) is 61.4 Å². The minimum atomic E-state index is -3.71. The van der Waals surface area contributed by atoms with Crippen molar-refractivity contribution in [3.63, 3.8) is 0 Å². The van der Waals surface area contributed by atoms with Gasteiger partial charge in [0.05, 0.1) is 15.1 Å². The van der Waals surface area contributed by atoms with Crippen LogP contribution in [0.15, 0.2) is 77.7 Å². The van der Waals surface area contributed by atoms with Crippen molar-refractivity contribution in [1.82, 2.24) is 9.29 Å². The van der Waals surface area contributed by atoms with Gasteiger partial charge in [0, 0.05) is 30.3 Å². The van der Waals surface area contributed by atoms with Crippen LogP contribution >= 0.6 is 11.3 Å². The molecule has 0 radical (unpaired) electrons. The van der Waals surface area contributed by atoms with Crippen molar-refractivity contribution in [1.29, 1.82) is 0 Å². The third-order valence-corrected chi connectivity index (χ3v) is 8.95. The summed E-state index contributed by atoms with van der Waals surface area (Å²) in [6.45, 7) is 0.479. The first-order valence-corrected chi connectivity index (χ1v) is 13.2. The summed E-state index contributed by atoms with van der Waals surface area (Å²) in [6, 6.07) is 20.3. The monoisotopic (exact) mass is 495 g/mol. The molecule has 1 aliphatic rings. The number of amides is 1. The fourth-order valence-corrected chi connectivity index (χ4v) is 6.52. The lowest BCUT2D eigenvalue weighted by Gasteiger charge is -2.30. The van der Waals surface area contributed by atoms with E-state index in [4.69, 9.17) is 0 Å². The molecular weight excluding hydrogens is 473 g/mol. The normalized spacial score (nSPS) is 15.4. The van der Waals surface area contributed by atoms with Crippen LogP contribution in [0.3, 0.4) is 0 Å². The molecule has 0 bridgehead atoms. The van der Waals surface area contributed by atoms with Gasteiger partial charge >= 0.3 is 0 Å². The number of thiazole rings is 1. The Labute approximate surface area is 201 Å². The number of aromatic nitrogens is 1. The minimum absolute atomic E-state index is 0.0588. The average molecular weight is 496 g/mol. The summed E-state index contributed by atoms with van der Waals surface area (Å²) in [5.74, 6) is -0.896. The summed E-state index contributed by atoms with van der Waals surface area (Å²) >= 11 is 1.60. The molecule has 5 rings (SSSR count). The second-order valence-electron chi connectivity index (χ2n) is 8.19. The SMILES string of the molecule is O=C(Nc1cccc(-c2nc3ccccc3s2)c1)C1CCN(S(=O)(=O)c2ccc(F)cc2)CC1. The van der Waals surface area contributed by atoms with Crippen LogP contribution in [0, 0.1) is 11.7 Å². The molecule has 0 aliphatic carbocycles. The molecule has 1 aliphatic heterocycles. The van der Waals surface area contributed by atoms with Gasteiger partial charge in [0.1, 0.15) is 10.8 Å². The van der Waals surface area contributed by atoms with Gasteiger partial charge in [0.15, 0.2) is 0 Å². The Morgan fingerprint density at radius 1 is 1.00 bits per heavy atom. The highest BCUT2D eigenvalue weighted by molar-refractivity contribution is 7.89. The molecule has 1 aromatic heterocycles. The summed E-state index contributed by atoms with van der Waals surface area (Å²) in [5.41, 5.74) is 2.56. The number of hydrogen-bond acceptors (Lipinski definition) is 5. The van der Waals surface area contributed by atoms with Gasteiger partial charge in [-0.15, -0.1) is 11.3 Å². The largest absolute Gasteiger partial charge is 0.326 e. The number of carbonyl (C=O) groups excluding carboxylic acids is 1. The third kappa shape index (κ3) is 4.59. The van der Waals surface area contributed by atoms with Gasteiger partial charge in [0.2, 0.25) is 15.9 Å². The lowest BCUT2D eigenvalue weighted by atomic mass is 9.97.